The second kappa shape index (κ2) is 18.0. The van der Waals surface area contributed by atoms with E-state index in [1.54, 1.807) is 0 Å². The van der Waals surface area contributed by atoms with E-state index < -0.39 is 0 Å². The number of aromatic nitrogens is 5. The molecular formula is C73H51N5. The third-order valence-electron chi connectivity index (χ3n) is 16.1. The molecule has 0 spiro atoms. The number of aryl methyl sites for hydroxylation is 3. The van der Waals surface area contributed by atoms with Gasteiger partial charge in [0.2, 0.25) is 0 Å². The molecule has 11 aromatic carbocycles. The lowest BCUT2D eigenvalue weighted by Gasteiger charge is -2.13. The molecule has 0 amide bonds. The Morgan fingerprint density at radius 2 is 0.641 bits per heavy atom. The van der Waals surface area contributed by atoms with E-state index in [9.17, 15) is 0 Å². The average Bonchev–Trinajstić information content (AvgIpc) is 4.16. The van der Waals surface area contributed by atoms with E-state index in [-0.39, 0.29) is 0 Å². The molecule has 368 valence electrons. The summed E-state index contributed by atoms with van der Waals surface area (Å²) in [5.74, 6) is 0.734. The summed E-state index contributed by atoms with van der Waals surface area (Å²) in [5.41, 5.74) is 23.8. The van der Waals surface area contributed by atoms with E-state index in [4.69, 9.17) is 9.97 Å². The topological polar surface area (TPSA) is 40.6 Å². The molecule has 0 saturated carbocycles. The zero-order valence-electron chi connectivity index (χ0n) is 43.5. The fourth-order valence-electron chi connectivity index (χ4n) is 12.3. The van der Waals surface area contributed by atoms with Gasteiger partial charge in [-0.2, -0.15) is 0 Å². The first-order valence-electron chi connectivity index (χ1n) is 26.8. The largest absolute Gasteiger partial charge is 0.309 e. The van der Waals surface area contributed by atoms with Crippen LogP contribution in [-0.2, 0) is 0 Å². The normalized spacial score (nSPS) is 11.8. The summed E-state index contributed by atoms with van der Waals surface area (Å²) in [6, 6.07) is 92.7. The molecule has 4 heterocycles. The van der Waals surface area contributed by atoms with Crippen molar-refractivity contribution in [2.24, 2.45) is 0 Å². The minimum absolute atomic E-state index is 0.734. The Hall–Kier alpha value is -10.1. The van der Waals surface area contributed by atoms with E-state index >= 15 is 0 Å². The lowest BCUT2D eigenvalue weighted by Crippen LogP contribution is -1.98. The molecule has 0 aliphatic carbocycles. The van der Waals surface area contributed by atoms with Gasteiger partial charge in [-0.05, 0) is 139 Å². The molecule has 0 unspecified atom stereocenters. The smallest absolute Gasteiger partial charge is 0.160 e. The first kappa shape index (κ1) is 45.3. The first-order chi connectivity index (χ1) is 38.4. The van der Waals surface area contributed by atoms with Crippen LogP contribution < -0.4 is 0 Å². The number of nitrogens with zero attached hydrogens (tertiary/aromatic N) is 5. The molecule has 0 bridgehead atoms. The van der Waals surface area contributed by atoms with Crippen LogP contribution in [0.25, 0.3) is 139 Å². The van der Waals surface area contributed by atoms with Crippen molar-refractivity contribution in [2.45, 2.75) is 20.8 Å². The van der Waals surface area contributed by atoms with Gasteiger partial charge in [0, 0.05) is 66.1 Å². The molecule has 15 rings (SSSR count). The van der Waals surface area contributed by atoms with Gasteiger partial charge in [0.15, 0.2) is 5.82 Å². The molecule has 4 aromatic heterocycles. The van der Waals surface area contributed by atoms with E-state index in [1.807, 2.05) is 0 Å². The summed E-state index contributed by atoms with van der Waals surface area (Å²) in [7, 11) is 0. The van der Waals surface area contributed by atoms with E-state index in [2.05, 4.69) is 289 Å². The van der Waals surface area contributed by atoms with Crippen LogP contribution >= 0.6 is 0 Å². The Kier molecular flexibility index (Phi) is 10.5. The Balaban J connectivity index is 0.797. The fourth-order valence-corrected chi connectivity index (χ4v) is 12.3. The van der Waals surface area contributed by atoms with Gasteiger partial charge in [-0.25, -0.2) is 9.97 Å². The molecule has 0 atom stereocenters. The predicted molar refractivity (Wildman–Crippen MR) is 326 cm³/mol. The fraction of sp³-hybridized carbons (Fsp3) is 0.0411. The van der Waals surface area contributed by atoms with Crippen molar-refractivity contribution in [1.82, 2.24) is 23.7 Å². The van der Waals surface area contributed by atoms with Gasteiger partial charge in [-0.1, -0.05) is 176 Å². The molecule has 78 heavy (non-hydrogen) atoms. The standard InChI is InChI=1S/C73H51N5/c1-46-16-4-6-18-57(46)66-45-65(74-73(75-66)58-19-7-5-17-47(58)2)51-30-28-49(29-31-51)52-34-39-56(48(3)42-52)50-32-35-53(36-33-50)76-71-40-37-54(77-67-24-12-8-20-59(67)60-21-9-13-25-68(60)77)43-63(71)64-44-55(38-41-72(64)76)78-69-26-14-10-22-61(69)62-23-11-15-27-70(62)78/h4-45H,1-3H3. The lowest BCUT2D eigenvalue weighted by atomic mass is 9.95. The van der Waals surface area contributed by atoms with Crippen molar-refractivity contribution in [2.75, 3.05) is 0 Å². The van der Waals surface area contributed by atoms with Crippen LogP contribution in [0.3, 0.4) is 0 Å². The van der Waals surface area contributed by atoms with Crippen molar-refractivity contribution in [1.29, 1.82) is 0 Å². The van der Waals surface area contributed by atoms with Crippen molar-refractivity contribution in [3.63, 3.8) is 0 Å². The number of para-hydroxylation sites is 4. The van der Waals surface area contributed by atoms with Gasteiger partial charge in [-0.3, -0.25) is 0 Å². The first-order valence-corrected chi connectivity index (χ1v) is 26.8. The molecule has 0 N–H and O–H groups in total. The van der Waals surface area contributed by atoms with Crippen molar-refractivity contribution in [3.05, 3.63) is 271 Å². The second-order valence-electron chi connectivity index (χ2n) is 20.7. The molecule has 15 aromatic rings. The van der Waals surface area contributed by atoms with Gasteiger partial charge >= 0.3 is 0 Å². The SMILES string of the molecule is Cc1cc(-c2ccc(-c3cc(-c4ccccc4C)nc(-c4ccccc4C)n3)cc2)ccc1-c1ccc(-n2c3ccc(-n4c5ccccc5c5ccccc54)cc3c3cc(-n4c5ccccc5c5ccccc54)ccc32)cc1. The lowest BCUT2D eigenvalue weighted by molar-refractivity contribution is 1.16. The van der Waals surface area contributed by atoms with Crippen LogP contribution in [0, 0.1) is 20.8 Å². The maximum Gasteiger partial charge on any atom is 0.160 e. The van der Waals surface area contributed by atoms with Crippen LogP contribution in [0.4, 0.5) is 0 Å². The molecule has 0 saturated heterocycles. The molecule has 0 aliphatic heterocycles. The van der Waals surface area contributed by atoms with Crippen molar-refractivity contribution >= 4 is 65.4 Å². The van der Waals surface area contributed by atoms with Crippen LogP contribution in [0.1, 0.15) is 16.7 Å². The summed E-state index contributed by atoms with van der Waals surface area (Å²) < 4.78 is 7.28. The number of benzene rings is 11. The number of fused-ring (bicyclic) bond motifs is 9. The van der Waals surface area contributed by atoms with Gasteiger partial charge in [0.25, 0.3) is 0 Å². The second-order valence-corrected chi connectivity index (χ2v) is 20.7. The Morgan fingerprint density at radius 1 is 0.244 bits per heavy atom. The van der Waals surface area contributed by atoms with E-state index in [0.29, 0.717) is 0 Å². The zero-order chi connectivity index (χ0) is 52.0. The van der Waals surface area contributed by atoms with Crippen molar-refractivity contribution in [3.8, 4) is 73.2 Å². The third kappa shape index (κ3) is 7.31. The molecule has 0 fully saturated rings. The highest BCUT2D eigenvalue weighted by atomic mass is 15.0. The molecule has 0 radical (unpaired) electrons. The van der Waals surface area contributed by atoms with Crippen LogP contribution in [0.15, 0.2) is 255 Å². The highest BCUT2D eigenvalue weighted by Crippen LogP contribution is 2.41. The highest BCUT2D eigenvalue weighted by Gasteiger charge is 2.20. The van der Waals surface area contributed by atoms with E-state index in [1.165, 1.54) is 82.2 Å². The van der Waals surface area contributed by atoms with Crippen LogP contribution in [0.2, 0.25) is 0 Å². The Labute approximate surface area is 452 Å². The number of rotatable bonds is 8. The van der Waals surface area contributed by atoms with Gasteiger partial charge in [0.1, 0.15) is 0 Å². The molecular weight excluding hydrogens is 947 g/mol. The minimum Gasteiger partial charge on any atom is -0.309 e. The van der Waals surface area contributed by atoms with Gasteiger partial charge < -0.3 is 13.7 Å². The Bertz CT molecular complexity index is 4530. The molecule has 5 heteroatoms. The van der Waals surface area contributed by atoms with Crippen LogP contribution in [0.5, 0.6) is 0 Å². The summed E-state index contributed by atoms with van der Waals surface area (Å²) >= 11 is 0. The summed E-state index contributed by atoms with van der Waals surface area (Å²) in [6.45, 7) is 6.48. The zero-order valence-corrected chi connectivity index (χ0v) is 43.5. The van der Waals surface area contributed by atoms with Crippen LogP contribution in [-0.4, -0.2) is 23.7 Å². The highest BCUT2D eigenvalue weighted by molar-refractivity contribution is 6.14. The van der Waals surface area contributed by atoms with Gasteiger partial charge in [-0.15, -0.1) is 0 Å². The summed E-state index contributed by atoms with van der Waals surface area (Å²) in [6.07, 6.45) is 0. The third-order valence-corrected chi connectivity index (χ3v) is 16.1. The predicted octanol–water partition coefficient (Wildman–Crippen LogP) is 19.0. The maximum absolute atomic E-state index is 5.15. The van der Waals surface area contributed by atoms with E-state index in [0.717, 1.165) is 73.1 Å². The minimum atomic E-state index is 0.734. The summed E-state index contributed by atoms with van der Waals surface area (Å²) in [5, 5.41) is 7.41. The quantitative estimate of drug-likeness (QED) is 0.152. The summed E-state index contributed by atoms with van der Waals surface area (Å²) in [4.78, 5) is 10.3. The number of hydrogen-bond acceptors (Lipinski definition) is 2. The van der Waals surface area contributed by atoms with Crippen molar-refractivity contribution < 1.29 is 0 Å². The molecule has 0 aliphatic rings. The van der Waals surface area contributed by atoms with Gasteiger partial charge in [0.05, 0.1) is 44.5 Å². The maximum atomic E-state index is 5.15. The Morgan fingerprint density at radius 3 is 1.15 bits per heavy atom. The number of hydrogen-bond donors (Lipinski definition) is 0. The molecule has 5 nitrogen and oxygen atoms in total. The monoisotopic (exact) mass is 997 g/mol. The average molecular weight is 998 g/mol.